The summed E-state index contributed by atoms with van der Waals surface area (Å²) in [7, 11) is 0. The minimum atomic E-state index is -0.605. The molecule has 0 fully saturated rings. The summed E-state index contributed by atoms with van der Waals surface area (Å²) in [6.45, 7) is 3.71. The number of aromatic nitrogens is 2. The van der Waals surface area contributed by atoms with Crippen molar-refractivity contribution in [3.05, 3.63) is 47.8 Å². The Hall–Kier alpha value is -2.43. The number of pyridine rings is 2. The van der Waals surface area contributed by atoms with E-state index in [-0.39, 0.29) is 0 Å². The van der Waals surface area contributed by atoms with E-state index in [1.165, 1.54) is 4.90 Å². The maximum Gasteiger partial charge on any atom is 0.326 e. The van der Waals surface area contributed by atoms with Crippen molar-refractivity contribution in [3.8, 4) is 0 Å². The van der Waals surface area contributed by atoms with Gasteiger partial charge in [-0.3, -0.25) is 0 Å². The molecule has 2 amide bonds. The van der Waals surface area contributed by atoms with Gasteiger partial charge < -0.3 is 5.73 Å². The lowest BCUT2D eigenvalue weighted by atomic mass is 10.3. The molecule has 2 aromatic heterocycles. The van der Waals surface area contributed by atoms with E-state index in [4.69, 9.17) is 5.73 Å². The molecule has 0 aliphatic carbocycles. The zero-order valence-electron chi connectivity index (χ0n) is 10.3. The van der Waals surface area contributed by atoms with Crippen molar-refractivity contribution in [2.75, 3.05) is 4.90 Å². The topological polar surface area (TPSA) is 72.1 Å². The predicted molar refractivity (Wildman–Crippen MR) is 69.7 cm³/mol. The fourth-order valence-electron chi connectivity index (χ4n) is 1.65. The van der Waals surface area contributed by atoms with Crippen LogP contribution in [0.25, 0.3) is 0 Å². The average Bonchev–Trinajstić information content (AvgIpc) is 2.28. The van der Waals surface area contributed by atoms with E-state index in [1.807, 2.05) is 38.1 Å². The highest BCUT2D eigenvalue weighted by Crippen LogP contribution is 2.21. The molecular weight excluding hydrogens is 228 g/mol. The number of aryl methyl sites for hydroxylation is 2. The van der Waals surface area contributed by atoms with E-state index in [1.54, 1.807) is 12.1 Å². The zero-order chi connectivity index (χ0) is 13.1. The Kier molecular flexibility index (Phi) is 3.23. The molecular formula is C13H14N4O. The smallest absolute Gasteiger partial charge is 0.326 e. The van der Waals surface area contributed by atoms with Gasteiger partial charge in [-0.2, -0.15) is 0 Å². The highest BCUT2D eigenvalue weighted by atomic mass is 16.2. The number of nitrogens with two attached hydrogens (primary N) is 1. The molecule has 0 saturated heterocycles. The van der Waals surface area contributed by atoms with Crippen LogP contribution in [0.3, 0.4) is 0 Å². The number of amides is 2. The van der Waals surface area contributed by atoms with Gasteiger partial charge >= 0.3 is 6.03 Å². The quantitative estimate of drug-likeness (QED) is 0.878. The third-order valence-electron chi connectivity index (χ3n) is 2.43. The monoisotopic (exact) mass is 242 g/mol. The molecule has 5 heteroatoms. The molecule has 2 N–H and O–H groups in total. The standard InChI is InChI=1S/C13H14N4O/c1-9-5-3-7-11(15-9)17(13(14)18)12-8-4-6-10(2)16-12/h3-8H,1-2H3,(H2,14,18). The molecule has 0 aliphatic rings. The Bertz CT molecular complexity index is 537. The van der Waals surface area contributed by atoms with Gasteiger partial charge in [0.05, 0.1) is 0 Å². The molecule has 92 valence electrons. The Morgan fingerprint density at radius 3 is 1.78 bits per heavy atom. The van der Waals surface area contributed by atoms with Gasteiger partial charge in [-0.25, -0.2) is 19.7 Å². The van der Waals surface area contributed by atoms with Gasteiger partial charge in [0.25, 0.3) is 0 Å². The van der Waals surface area contributed by atoms with Crippen molar-refractivity contribution in [2.45, 2.75) is 13.8 Å². The van der Waals surface area contributed by atoms with Crippen LogP contribution in [0.4, 0.5) is 16.4 Å². The van der Waals surface area contributed by atoms with Crippen LogP contribution in [0.15, 0.2) is 36.4 Å². The summed E-state index contributed by atoms with van der Waals surface area (Å²) in [6.07, 6.45) is 0. The summed E-state index contributed by atoms with van der Waals surface area (Å²) >= 11 is 0. The van der Waals surface area contributed by atoms with E-state index >= 15 is 0 Å². The number of primary amides is 1. The summed E-state index contributed by atoms with van der Waals surface area (Å²) < 4.78 is 0. The molecule has 0 bridgehead atoms. The highest BCUT2D eigenvalue weighted by molar-refractivity contribution is 5.96. The first kappa shape index (κ1) is 12.0. The van der Waals surface area contributed by atoms with Gasteiger partial charge in [-0.15, -0.1) is 0 Å². The van der Waals surface area contributed by atoms with Crippen LogP contribution in [0.5, 0.6) is 0 Å². The van der Waals surface area contributed by atoms with Crippen LogP contribution >= 0.6 is 0 Å². The number of rotatable bonds is 2. The van der Waals surface area contributed by atoms with Crippen molar-refractivity contribution < 1.29 is 4.79 Å². The maximum absolute atomic E-state index is 11.6. The lowest BCUT2D eigenvalue weighted by Crippen LogP contribution is -2.32. The fourth-order valence-corrected chi connectivity index (χ4v) is 1.65. The number of nitrogens with zero attached hydrogens (tertiary/aromatic N) is 3. The van der Waals surface area contributed by atoms with Crippen LogP contribution in [0, 0.1) is 13.8 Å². The number of urea groups is 1. The van der Waals surface area contributed by atoms with Crippen molar-refractivity contribution in [2.24, 2.45) is 5.73 Å². The van der Waals surface area contributed by atoms with Crippen LogP contribution in [0.1, 0.15) is 11.4 Å². The van der Waals surface area contributed by atoms with E-state index < -0.39 is 6.03 Å². The molecule has 0 aliphatic heterocycles. The molecule has 5 nitrogen and oxygen atoms in total. The zero-order valence-corrected chi connectivity index (χ0v) is 10.3. The van der Waals surface area contributed by atoms with Gasteiger partial charge in [-0.1, -0.05) is 12.1 Å². The molecule has 0 spiro atoms. The Labute approximate surface area is 105 Å². The van der Waals surface area contributed by atoms with Gasteiger partial charge in [0.2, 0.25) is 0 Å². The summed E-state index contributed by atoms with van der Waals surface area (Å²) in [6, 6.07) is 10.2. The van der Waals surface area contributed by atoms with Crippen LogP contribution in [0.2, 0.25) is 0 Å². The van der Waals surface area contributed by atoms with Gasteiger partial charge in [-0.05, 0) is 38.1 Å². The van der Waals surface area contributed by atoms with E-state index in [9.17, 15) is 4.79 Å². The molecule has 0 atom stereocenters. The molecule has 0 aromatic carbocycles. The van der Waals surface area contributed by atoms with E-state index in [0.29, 0.717) is 11.6 Å². The lowest BCUT2D eigenvalue weighted by Gasteiger charge is -2.18. The van der Waals surface area contributed by atoms with Gasteiger partial charge in [0.15, 0.2) is 0 Å². The third kappa shape index (κ3) is 2.45. The molecule has 0 unspecified atom stereocenters. The number of anilines is 2. The van der Waals surface area contributed by atoms with E-state index in [0.717, 1.165) is 11.4 Å². The summed E-state index contributed by atoms with van der Waals surface area (Å²) in [5.41, 5.74) is 7.03. The molecule has 18 heavy (non-hydrogen) atoms. The minimum Gasteiger partial charge on any atom is -0.351 e. The van der Waals surface area contributed by atoms with Gasteiger partial charge in [0.1, 0.15) is 11.6 Å². The molecule has 2 rings (SSSR count). The van der Waals surface area contributed by atoms with Crippen molar-refractivity contribution in [3.63, 3.8) is 0 Å². The van der Waals surface area contributed by atoms with Crippen LogP contribution in [-0.4, -0.2) is 16.0 Å². The van der Waals surface area contributed by atoms with Gasteiger partial charge in [0, 0.05) is 11.4 Å². The predicted octanol–water partition coefficient (Wildman–Crippen LogP) is 2.31. The number of carbonyl (C=O) groups excluding carboxylic acids is 1. The second kappa shape index (κ2) is 4.83. The SMILES string of the molecule is Cc1cccc(N(C(N)=O)c2cccc(C)n2)n1. The maximum atomic E-state index is 11.6. The molecule has 2 heterocycles. The number of hydrogen-bond donors (Lipinski definition) is 1. The van der Waals surface area contributed by atoms with Crippen LogP contribution < -0.4 is 10.6 Å². The normalized spacial score (nSPS) is 10.1. The Balaban J connectivity index is 2.50. The summed E-state index contributed by atoms with van der Waals surface area (Å²) in [4.78, 5) is 21.5. The van der Waals surface area contributed by atoms with Crippen molar-refractivity contribution in [1.29, 1.82) is 0 Å². The van der Waals surface area contributed by atoms with Crippen molar-refractivity contribution in [1.82, 2.24) is 9.97 Å². The summed E-state index contributed by atoms with van der Waals surface area (Å²) in [5, 5.41) is 0. The Morgan fingerprint density at radius 1 is 1.00 bits per heavy atom. The molecule has 0 saturated carbocycles. The highest BCUT2D eigenvalue weighted by Gasteiger charge is 2.17. The summed E-state index contributed by atoms with van der Waals surface area (Å²) in [5.74, 6) is 0.946. The second-order valence-corrected chi connectivity index (χ2v) is 3.95. The first-order valence-corrected chi connectivity index (χ1v) is 5.55. The number of carbonyl (C=O) groups is 1. The first-order valence-electron chi connectivity index (χ1n) is 5.55. The molecule has 2 aromatic rings. The lowest BCUT2D eigenvalue weighted by molar-refractivity contribution is 0.256. The number of hydrogen-bond acceptors (Lipinski definition) is 3. The van der Waals surface area contributed by atoms with Crippen molar-refractivity contribution >= 4 is 17.7 Å². The largest absolute Gasteiger partial charge is 0.351 e. The first-order chi connectivity index (χ1) is 8.58. The second-order valence-electron chi connectivity index (χ2n) is 3.95. The molecule has 0 radical (unpaired) electrons. The third-order valence-corrected chi connectivity index (χ3v) is 2.43. The average molecular weight is 242 g/mol. The van der Waals surface area contributed by atoms with E-state index in [2.05, 4.69) is 9.97 Å². The fraction of sp³-hybridized carbons (Fsp3) is 0.154. The Morgan fingerprint density at radius 2 is 1.44 bits per heavy atom. The van der Waals surface area contributed by atoms with Crippen LogP contribution in [-0.2, 0) is 0 Å². The minimum absolute atomic E-state index is 0.473.